The van der Waals surface area contributed by atoms with Gasteiger partial charge in [0.05, 0.1) is 12.5 Å². The summed E-state index contributed by atoms with van der Waals surface area (Å²) in [5.41, 5.74) is 5.38. The highest BCUT2D eigenvalue weighted by Gasteiger charge is 2.26. The fourth-order valence-electron chi connectivity index (χ4n) is 2.40. The zero-order chi connectivity index (χ0) is 15.1. The SMILES string of the molecule is NCCNC(=O)C1CCCN(CC(=O)Nc2nccs2)C1. The number of nitrogens with zero attached hydrogens (tertiary/aromatic N) is 2. The molecule has 4 N–H and O–H groups in total. The molecule has 2 amide bonds. The van der Waals surface area contributed by atoms with Crippen LogP contribution >= 0.6 is 11.3 Å². The highest BCUT2D eigenvalue weighted by atomic mass is 32.1. The van der Waals surface area contributed by atoms with Gasteiger partial charge in [0.1, 0.15) is 0 Å². The second-order valence-corrected chi connectivity index (χ2v) is 5.93. The number of anilines is 1. The van der Waals surface area contributed by atoms with E-state index < -0.39 is 0 Å². The van der Waals surface area contributed by atoms with Crippen molar-refractivity contribution in [1.82, 2.24) is 15.2 Å². The Balaban J connectivity index is 1.78. The average molecular weight is 311 g/mol. The fourth-order valence-corrected chi connectivity index (χ4v) is 2.95. The maximum absolute atomic E-state index is 11.9. The zero-order valence-corrected chi connectivity index (χ0v) is 12.7. The Morgan fingerprint density at radius 3 is 3.10 bits per heavy atom. The molecule has 0 bridgehead atoms. The number of hydrogen-bond donors (Lipinski definition) is 3. The molecule has 0 saturated carbocycles. The predicted octanol–water partition coefficient (Wildman–Crippen LogP) is -0.132. The van der Waals surface area contributed by atoms with Gasteiger partial charge in [0.2, 0.25) is 11.8 Å². The van der Waals surface area contributed by atoms with Crippen molar-refractivity contribution in [3.8, 4) is 0 Å². The molecule has 2 rings (SSSR count). The monoisotopic (exact) mass is 311 g/mol. The van der Waals surface area contributed by atoms with Crippen LogP contribution in [-0.4, -0.2) is 54.4 Å². The lowest BCUT2D eigenvalue weighted by Gasteiger charge is -2.31. The molecule has 8 heteroatoms. The number of nitrogens with one attached hydrogen (secondary N) is 2. The van der Waals surface area contributed by atoms with E-state index in [-0.39, 0.29) is 17.7 Å². The lowest BCUT2D eigenvalue weighted by atomic mass is 9.97. The number of amides is 2. The molecule has 0 radical (unpaired) electrons. The summed E-state index contributed by atoms with van der Waals surface area (Å²) >= 11 is 1.39. The van der Waals surface area contributed by atoms with Crippen LogP contribution < -0.4 is 16.4 Å². The molecule has 21 heavy (non-hydrogen) atoms. The van der Waals surface area contributed by atoms with Gasteiger partial charge in [-0.3, -0.25) is 14.5 Å². The first kappa shape index (κ1) is 15.9. The maximum Gasteiger partial charge on any atom is 0.240 e. The first-order valence-electron chi connectivity index (χ1n) is 7.08. The second kappa shape index (κ2) is 8.06. The molecule has 7 nitrogen and oxygen atoms in total. The Kier molecular flexibility index (Phi) is 6.09. The summed E-state index contributed by atoms with van der Waals surface area (Å²) in [6, 6.07) is 0. The number of nitrogens with two attached hydrogens (primary N) is 1. The molecule has 1 aromatic heterocycles. The minimum absolute atomic E-state index is 0.0329. The molecular weight excluding hydrogens is 290 g/mol. The summed E-state index contributed by atoms with van der Waals surface area (Å²) in [5, 5.41) is 7.99. The number of rotatable bonds is 6. The van der Waals surface area contributed by atoms with E-state index in [0.717, 1.165) is 19.4 Å². The third kappa shape index (κ3) is 5.07. The lowest BCUT2D eigenvalue weighted by molar-refractivity contribution is -0.127. The van der Waals surface area contributed by atoms with Gasteiger partial charge < -0.3 is 16.4 Å². The Labute approximate surface area is 127 Å². The molecule has 0 spiro atoms. The number of piperidine rings is 1. The number of carbonyl (C=O) groups is 2. The average Bonchev–Trinajstić information content (AvgIpc) is 2.97. The highest BCUT2D eigenvalue weighted by Crippen LogP contribution is 2.17. The van der Waals surface area contributed by atoms with Crippen molar-refractivity contribution in [1.29, 1.82) is 0 Å². The van der Waals surface area contributed by atoms with Crippen LogP contribution in [0.1, 0.15) is 12.8 Å². The number of aromatic nitrogens is 1. The first-order chi connectivity index (χ1) is 10.2. The van der Waals surface area contributed by atoms with E-state index in [4.69, 9.17) is 5.73 Å². The smallest absolute Gasteiger partial charge is 0.240 e. The van der Waals surface area contributed by atoms with E-state index in [2.05, 4.69) is 15.6 Å². The first-order valence-corrected chi connectivity index (χ1v) is 7.96. The Hall–Kier alpha value is -1.51. The largest absolute Gasteiger partial charge is 0.355 e. The number of likely N-dealkylation sites (tertiary alicyclic amines) is 1. The Bertz CT molecular complexity index is 465. The second-order valence-electron chi connectivity index (χ2n) is 5.04. The predicted molar refractivity (Wildman–Crippen MR) is 82.0 cm³/mol. The normalized spacial score (nSPS) is 19.2. The van der Waals surface area contributed by atoms with E-state index in [1.54, 1.807) is 6.20 Å². The van der Waals surface area contributed by atoms with Crippen LogP contribution in [0.15, 0.2) is 11.6 Å². The van der Waals surface area contributed by atoms with E-state index in [0.29, 0.717) is 31.3 Å². The van der Waals surface area contributed by atoms with Gasteiger partial charge in [-0.1, -0.05) is 0 Å². The van der Waals surface area contributed by atoms with Crippen molar-refractivity contribution in [3.63, 3.8) is 0 Å². The van der Waals surface area contributed by atoms with Crippen LogP contribution in [0.4, 0.5) is 5.13 Å². The van der Waals surface area contributed by atoms with Crippen LogP contribution in [0, 0.1) is 5.92 Å². The van der Waals surface area contributed by atoms with E-state index in [9.17, 15) is 9.59 Å². The van der Waals surface area contributed by atoms with Crippen molar-refractivity contribution in [2.45, 2.75) is 12.8 Å². The van der Waals surface area contributed by atoms with Crippen LogP contribution in [0.3, 0.4) is 0 Å². The molecule has 1 aliphatic rings. The summed E-state index contributed by atoms with van der Waals surface area (Å²) in [5.74, 6) is -0.114. The molecule has 2 heterocycles. The van der Waals surface area contributed by atoms with Crippen LogP contribution in [0.2, 0.25) is 0 Å². The lowest BCUT2D eigenvalue weighted by Crippen LogP contribution is -2.46. The van der Waals surface area contributed by atoms with Crippen molar-refractivity contribution in [3.05, 3.63) is 11.6 Å². The third-order valence-electron chi connectivity index (χ3n) is 3.37. The summed E-state index contributed by atoms with van der Waals surface area (Å²) in [6.07, 6.45) is 3.44. The van der Waals surface area contributed by atoms with Gasteiger partial charge in [-0.05, 0) is 19.4 Å². The zero-order valence-electron chi connectivity index (χ0n) is 11.9. The minimum Gasteiger partial charge on any atom is -0.355 e. The fraction of sp³-hybridized carbons (Fsp3) is 0.615. The minimum atomic E-state index is -0.0898. The number of thiazole rings is 1. The van der Waals surface area contributed by atoms with Gasteiger partial charge in [-0.15, -0.1) is 11.3 Å². The Morgan fingerprint density at radius 1 is 1.52 bits per heavy atom. The van der Waals surface area contributed by atoms with Crippen LogP contribution in [0.5, 0.6) is 0 Å². The quantitative estimate of drug-likeness (QED) is 0.679. The third-order valence-corrected chi connectivity index (χ3v) is 4.05. The van der Waals surface area contributed by atoms with E-state index in [1.165, 1.54) is 11.3 Å². The van der Waals surface area contributed by atoms with Crippen LogP contribution in [0.25, 0.3) is 0 Å². The summed E-state index contributed by atoms with van der Waals surface area (Å²) in [7, 11) is 0. The van der Waals surface area contributed by atoms with Gasteiger partial charge in [0.25, 0.3) is 0 Å². The molecular formula is C13H21N5O2S. The molecule has 1 fully saturated rings. The molecule has 0 aliphatic carbocycles. The van der Waals surface area contributed by atoms with Gasteiger partial charge in [0.15, 0.2) is 5.13 Å². The van der Waals surface area contributed by atoms with Gasteiger partial charge in [0, 0.05) is 31.2 Å². The Morgan fingerprint density at radius 2 is 2.38 bits per heavy atom. The molecule has 1 aliphatic heterocycles. The summed E-state index contributed by atoms with van der Waals surface area (Å²) in [4.78, 5) is 29.9. The molecule has 1 atom stereocenters. The van der Waals surface area contributed by atoms with Gasteiger partial charge in [-0.2, -0.15) is 0 Å². The number of hydrogen-bond acceptors (Lipinski definition) is 6. The van der Waals surface area contributed by atoms with Gasteiger partial charge >= 0.3 is 0 Å². The molecule has 1 unspecified atom stereocenters. The topological polar surface area (TPSA) is 100 Å². The van der Waals surface area contributed by atoms with E-state index in [1.807, 2.05) is 10.3 Å². The van der Waals surface area contributed by atoms with Gasteiger partial charge in [-0.25, -0.2) is 4.98 Å². The standard InChI is InChI=1S/C13H21N5O2S/c14-3-4-15-12(20)10-2-1-6-18(8-10)9-11(19)17-13-16-5-7-21-13/h5,7,10H,1-4,6,8-9,14H2,(H,15,20)(H,16,17,19). The molecule has 0 aromatic carbocycles. The van der Waals surface area contributed by atoms with Crippen molar-refractivity contribution >= 4 is 28.3 Å². The summed E-state index contributed by atoms with van der Waals surface area (Å²) < 4.78 is 0. The number of carbonyl (C=O) groups excluding carboxylic acids is 2. The van der Waals surface area contributed by atoms with Crippen LogP contribution in [-0.2, 0) is 9.59 Å². The maximum atomic E-state index is 11.9. The molecule has 116 valence electrons. The van der Waals surface area contributed by atoms with Crippen molar-refractivity contribution in [2.75, 3.05) is 38.0 Å². The van der Waals surface area contributed by atoms with E-state index >= 15 is 0 Å². The highest BCUT2D eigenvalue weighted by molar-refractivity contribution is 7.13. The van der Waals surface area contributed by atoms with Crippen molar-refractivity contribution < 1.29 is 9.59 Å². The molecule has 1 aromatic rings. The molecule has 1 saturated heterocycles. The van der Waals surface area contributed by atoms with Crippen molar-refractivity contribution in [2.24, 2.45) is 11.7 Å². The summed E-state index contributed by atoms with van der Waals surface area (Å²) in [6.45, 7) is 2.69.